The van der Waals surface area contributed by atoms with Crippen LogP contribution in [0, 0.1) is 0 Å². The molecule has 138 valence electrons. The number of nitrogens with one attached hydrogen (secondary N) is 1. The van der Waals surface area contributed by atoms with Gasteiger partial charge in [-0.2, -0.15) is 0 Å². The molecule has 3 heteroatoms. The monoisotopic (exact) mass is 342 g/mol. The molecule has 3 N–H and O–H groups in total. The van der Waals surface area contributed by atoms with Crippen molar-refractivity contribution in [1.82, 2.24) is 5.32 Å². The van der Waals surface area contributed by atoms with E-state index in [1.807, 2.05) is 65.8 Å². The summed E-state index contributed by atoms with van der Waals surface area (Å²) in [5.74, 6) is -0.389. The third-order valence-electron chi connectivity index (χ3n) is 4.23. The molecule has 1 amide bonds. The summed E-state index contributed by atoms with van der Waals surface area (Å²) >= 11 is 0. The average Bonchev–Trinajstić information content (AvgIpc) is 2.89. The van der Waals surface area contributed by atoms with E-state index in [0.717, 1.165) is 28.7 Å². The lowest BCUT2D eigenvalue weighted by atomic mass is 9.77. The quantitative estimate of drug-likeness (QED) is 0.777. The molecule has 2 bridgehead atoms. The molecule has 0 aromatic rings. The topological polar surface area (TPSA) is 55.1 Å². The van der Waals surface area contributed by atoms with Crippen molar-refractivity contribution in [1.29, 1.82) is 0 Å². The first-order valence-electron chi connectivity index (χ1n) is 9.12. The molecule has 2 atom stereocenters. The summed E-state index contributed by atoms with van der Waals surface area (Å²) in [6.07, 6.45) is 12.1. The van der Waals surface area contributed by atoms with Crippen LogP contribution in [0.1, 0.15) is 48.0 Å². The van der Waals surface area contributed by atoms with E-state index in [-0.39, 0.29) is 11.9 Å². The smallest absolute Gasteiger partial charge is 0.247 e. The highest BCUT2D eigenvalue weighted by Crippen LogP contribution is 2.48. The highest BCUT2D eigenvalue weighted by molar-refractivity contribution is 5.98. The van der Waals surface area contributed by atoms with Crippen LogP contribution in [-0.4, -0.2) is 17.5 Å². The second-order valence-corrected chi connectivity index (χ2v) is 5.21. The van der Waals surface area contributed by atoms with Gasteiger partial charge < -0.3 is 5.73 Å². The fraction of sp³-hybridized carbons (Fsp3) is 0.409. The lowest BCUT2D eigenvalue weighted by Gasteiger charge is -2.36. The fourth-order valence-electron chi connectivity index (χ4n) is 3.51. The van der Waals surface area contributed by atoms with E-state index in [4.69, 9.17) is 5.73 Å². The zero-order valence-electron chi connectivity index (χ0n) is 16.6. The first-order chi connectivity index (χ1) is 12.1. The summed E-state index contributed by atoms with van der Waals surface area (Å²) in [7, 11) is 0. The maximum absolute atomic E-state index is 12.4. The number of carbonyl (C=O) groups excluding carboxylic acids is 1. The Kier molecular flexibility index (Phi) is 9.77. The minimum atomic E-state index is -0.970. The SMILES string of the molecule is C=C/C=C1/CC2NC(C(N)=O)(/C1=C/C)C(=C/C=C)/C2=C\C.CC.CC. The van der Waals surface area contributed by atoms with Gasteiger partial charge in [-0.25, -0.2) is 0 Å². The van der Waals surface area contributed by atoms with E-state index < -0.39 is 5.54 Å². The normalized spacial score (nSPS) is 30.4. The summed E-state index contributed by atoms with van der Waals surface area (Å²) in [4.78, 5) is 12.4. The van der Waals surface area contributed by atoms with Crippen molar-refractivity contribution < 1.29 is 4.79 Å². The van der Waals surface area contributed by atoms with Gasteiger partial charge in [-0.3, -0.25) is 10.1 Å². The van der Waals surface area contributed by atoms with Gasteiger partial charge in [-0.05, 0) is 42.6 Å². The van der Waals surface area contributed by atoms with Crippen LogP contribution < -0.4 is 11.1 Å². The summed E-state index contributed by atoms with van der Waals surface area (Å²) in [5, 5.41) is 3.43. The molecule has 0 aromatic carbocycles. The molecule has 0 radical (unpaired) electrons. The van der Waals surface area contributed by atoms with E-state index in [1.165, 1.54) is 0 Å². The predicted molar refractivity (Wildman–Crippen MR) is 110 cm³/mol. The summed E-state index contributed by atoms with van der Waals surface area (Å²) in [5.41, 5.74) is 8.86. The van der Waals surface area contributed by atoms with E-state index >= 15 is 0 Å². The molecule has 3 nitrogen and oxygen atoms in total. The molecule has 0 aliphatic carbocycles. The first-order valence-corrected chi connectivity index (χ1v) is 9.12. The van der Waals surface area contributed by atoms with Crippen molar-refractivity contribution in [3.05, 3.63) is 71.9 Å². The number of hydrogen-bond acceptors (Lipinski definition) is 2. The number of nitrogens with two attached hydrogens (primary N) is 1. The Morgan fingerprint density at radius 3 is 2.04 bits per heavy atom. The third kappa shape index (κ3) is 3.93. The Bertz CT molecular complexity index is 620. The molecule has 2 heterocycles. The van der Waals surface area contributed by atoms with E-state index in [1.54, 1.807) is 12.2 Å². The zero-order chi connectivity index (χ0) is 19.6. The molecule has 2 fully saturated rings. The number of rotatable bonds is 3. The van der Waals surface area contributed by atoms with Crippen LogP contribution in [-0.2, 0) is 4.79 Å². The van der Waals surface area contributed by atoms with Gasteiger partial charge in [-0.15, -0.1) is 0 Å². The van der Waals surface area contributed by atoms with E-state index in [0.29, 0.717) is 0 Å². The van der Waals surface area contributed by atoms with Crippen molar-refractivity contribution in [2.45, 2.75) is 59.5 Å². The molecule has 0 spiro atoms. The summed E-state index contributed by atoms with van der Waals surface area (Å²) < 4.78 is 0. The number of primary amides is 1. The number of allylic oxidation sites excluding steroid dienone is 6. The maximum Gasteiger partial charge on any atom is 0.247 e. The van der Waals surface area contributed by atoms with Crippen molar-refractivity contribution in [2.24, 2.45) is 5.73 Å². The number of piperidine rings is 1. The van der Waals surface area contributed by atoms with Gasteiger partial charge >= 0.3 is 0 Å². The average molecular weight is 343 g/mol. The van der Waals surface area contributed by atoms with Gasteiger partial charge in [0, 0.05) is 6.04 Å². The molecule has 0 aromatic heterocycles. The van der Waals surface area contributed by atoms with Gasteiger partial charge in [0.1, 0.15) is 5.54 Å². The number of amides is 1. The third-order valence-corrected chi connectivity index (χ3v) is 4.23. The second kappa shape index (κ2) is 10.7. The van der Waals surface area contributed by atoms with Gasteiger partial charge in [0.05, 0.1) is 0 Å². The Balaban J connectivity index is 0.00000134. The van der Waals surface area contributed by atoms with Gasteiger partial charge in [0.25, 0.3) is 0 Å². The fourth-order valence-corrected chi connectivity index (χ4v) is 3.51. The van der Waals surface area contributed by atoms with Crippen molar-refractivity contribution in [3.63, 3.8) is 0 Å². The Morgan fingerprint density at radius 1 is 1.08 bits per heavy atom. The van der Waals surface area contributed by atoms with Crippen molar-refractivity contribution in [3.8, 4) is 0 Å². The predicted octanol–water partition coefficient (Wildman–Crippen LogP) is 4.76. The van der Waals surface area contributed by atoms with E-state index in [2.05, 4.69) is 18.5 Å². The summed E-state index contributed by atoms with van der Waals surface area (Å²) in [6, 6.07) is 0.0867. The van der Waals surface area contributed by atoms with Crippen LogP contribution in [0.5, 0.6) is 0 Å². The standard InChI is InChI=1S/C18H22N2O.2C2H6/c1-5-9-12-11-16-13(7-3)15(10-6-2)18(20-16,17(19)21)14(12)8-4;2*1-2/h5-10,16,20H,1-2,11H2,3-4H3,(H2,19,21);2*1-2H3/b12-9-,13-7+,14-8+,15-10+;;. The summed E-state index contributed by atoms with van der Waals surface area (Å²) in [6.45, 7) is 19.5. The first kappa shape index (κ1) is 22.9. The molecule has 2 rings (SSSR count). The number of hydrogen-bond donors (Lipinski definition) is 2. The Labute approximate surface area is 153 Å². The molecule has 2 unspecified atom stereocenters. The molecule has 0 saturated carbocycles. The van der Waals surface area contributed by atoms with Crippen LogP contribution in [0.2, 0.25) is 0 Å². The van der Waals surface area contributed by atoms with Crippen LogP contribution in [0.3, 0.4) is 0 Å². The lowest BCUT2D eigenvalue weighted by molar-refractivity contribution is -0.121. The Morgan fingerprint density at radius 2 is 1.64 bits per heavy atom. The number of fused-ring (bicyclic) bond motifs is 2. The Hall–Kier alpha value is -2.13. The van der Waals surface area contributed by atoms with Crippen LogP contribution in [0.4, 0.5) is 0 Å². The minimum Gasteiger partial charge on any atom is -0.367 e. The number of carbonyl (C=O) groups is 1. The van der Waals surface area contributed by atoms with Gasteiger partial charge in [0.2, 0.25) is 5.91 Å². The molecular formula is C22H34N2O. The van der Waals surface area contributed by atoms with Gasteiger partial charge in [0.15, 0.2) is 0 Å². The zero-order valence-corrected chi connectivity index (χ0v) is 16.6. The molecule has 2 aliphatic rings. The molecule has 2 aliphatic heterocycles. The van der Waals surface area contributed by atoms with Gasteiger partial charge in [-0.1, -0.05) is 77.3 Å². The molecule has 25 heavy (non-hydrogen) atoms. The minimum absolute atomic E-state index is 0.0867. The van der Waals surface area contributed by atoms with Crippen LogP contribution in [0.15, 0.2) is 71.9 Å². The largest absolute Gasteiger partial charge is 0.367 e. The highest BCUT2D eigenvalue weighted by Gasteiger charge is 2.56. The molecule has 2 saturated heterocycles. The second-order valence-electron chi connectivity index (χ2n) is 5.21. The van der Waals surface area contributed by atoms with E-state index in [9.17, 15) is 4.79 Å². The lowest BCUT2D eigenvalue weighted by Crippen LogP contribution is -2.58. The highest BCUT2D eigenvalue weighted by atomic mass is 16.1. The van der Waals surface area contributed by atoms with Crippen LogP contribution >= 0.6 is 0 Å². The van der Waals surface area contributed by atoms with Crippen molar-refractivity contribution >= 4 is 5.91 Å². The maximum atomic E-state index is 12.4. The molecular weight excluding hydrogens is 308 g/mol. The van der Waals surface area contributed by atoms with Crippen LogP contribution in [0.25, 0.3) is 0 Å². The van der Waals surface area contributed by atoms with Crippen molar-refractivity contribution in [2.75, 3.05) is 0 Å².